The predicted octanol–water partition coefficient (Wildman–Crippen LogP) is 3.12. The lowest BCUT2D eigenvalue weighted by atomic mass is 10.1. The molecule has 22 heavy (non-hydrogen) atoms. The van der Waals surface area contributed by atoms with Crippen LogP contribution in [0.25, 0.3) is 0 Å². The molecule has 1 atom stereocenters. The van der Waals surface area contributed by atoms with Crippen LogP contribution in [-0.4, -0.2) is 30.4 Å². The van der Waals surface area contributed by atoms with Crippen LogP contribution in [0.5, 0.6) is 0 Å². The number of rotatable bonds is 7. The molecule has 0 amide bonds. The van der Waals surface area contributed by atoms with Crippen molar-refractivity contribution in [2.75, 3.05) is 19.3 Å². The average Bonchev–Trinajstić information content (AvgIpc) is 3.20. The second kappa shape index (κ2) is 7.92. The van der Waals surface area contributed by atoms with Crippen molar-refractivity contribution in [2.24, 2.45) is 4.99 Å². The van der Waals surface area contributed by atoms with Gasteiger partial charge in [0.25, 0.3) is 0 Å². The summed E-state index contributed by atoms with van der Waals surface area (Å²) < 4.78 is 0. The largest absolute Gasteiger partial charge is 0.316 e. The lowest BCUT2D eigenvalue weighted by molar-refractivity contribution is 0.621. The number of hydrogen-bond acceptors (Lipinski definition) is 5. The quantitative estimate of drug-likeness (QED) is 0.818. The van der Waals surface area contributed by atoms with Crippen LogP contribution < -0.4 is 10.6 Å². The summed E-state index contributed by atoms with van der Waals surface area (Å²) in [4.78, 5) is 4.86. The Hall–Kier alpha value is -1.14. The summed E-state index contributed by atoms with van der Waals surface area (Å²) in [5.41, 5.74) is 3.91. The number of aliphatic imine (C=N–C) groups is 1. The van der Waals surface area contributed by atoms with Gasteiger partial charge in [-0.3, -0.25) is 4.99 Å². The van der Waals surface area contributed by atoms with Crippen LogP contribution in [0.15, 0.2) is 46.1 Å². The van der Waals surface area contributed by atoms with Crippen molar-refractivity contribution in [3.05, 3.63) is 57.8 Å². The van der Waals surface area contributed by atoms with E-state index in [1.165, 1.54) is 21.7 Å². The molecule has 0 bridgehead atoms. The van der Waals surface area contributed by atoms with Gasteiger partial charge in [0.1, 0.15) is 0 Å². The fourth-order valence-electron chi connectivity index (χ4n) is 2.42. The molecular formula is C17H21N3S2. The highest BCUT2D eigenvalue weighted by Gasteiger charge is 2.18. The summed E-state index contributed by atoms with van der Waals surface area (Å²) >= 11 is 3.62. The van der Waals surface area contributed by atoms with Gasteiger partial charge in [-0.25, -0.2) is 0 Å². The van der Waals surface area contributed by atoms with E-state index in [1.54, 1.807) is 11.3 Å². The van der Waals surface area contributed by atoms with Crippen LogP contribution >= 0.6 is 23.1 Å². The van der Waals surface area contributed by atoms with E-state index in [1.807, 2.05) is 18.8 Å². The molecule has 1 aliphatic rings. The van der Waals surface area contributed by atoms with Crippen molar-refractivity contribution in [3.8, 4) is 0 Å². The third kappa shape index (κ3) is 4.20. The van der Waals surface area contributed by atoms with Gasteiger partial charge in [-0.15, -0.1) is 11.8 Å². The Balaban J connectivity index is 1.52. The van der Waals surface area contributed by atoms with Crippen molar-refractivity contribution in [3.63, 3.8) is 0 Å². The average molecular weight is 332 g/mol. The summed E-state index contributed by atoms with van der Waals surface area (Å²) in [6.45, 7) is 2.80. The van der Waals surface area contributed by atoms with E-state index in [0.717, 1.165) is 25.4 Å². The van der Waals surface area contributed by atoms with Gasteiger partial charge in [0.05, 0.1) is 11.1 Å². The normalized spacial score (nSPS) is 17.7. The van der Waals surface area contributed by atoms with Crippen molar-refractivity contribution < 1.29 is 0 Å². The highest BCUT2D eigenvalue weighted by molar-refractivity contribution is 8.14. The van der Waals surface area contributed by atoms with Gasteiger partial charge in [-0.2, -0.15) is 11.3 Å². The zero-order valence-electron chi connectivity index (χ0n) is 12.7. The molecule has 2 heterocycles. The fourth-order valence-corrected chi connectivity index (χ4v) is 4.16. The topological polar surface area (TPSA) is 36.4 Å². The molecule has 2 N–H and O–H groups in total. The molecule has 0 saturated heterocycles. The lowest BCUT2D eigenvalue weighted by Crippen LogP contribution is -2.25. The van der Waals surface area contributed by atoms with E-state index < -0.39 is 0 Å². The number of nitrogens with zero attached hydrogens (tertiary/aromatic N) is 1. The van der Waals surface area contributed by atoms with Crippen LogP contribution in [0.3, 0.4) is 0 Å². The molecule has 116 valence electrons. The fraction of sp³-hybridized carbons (Fsp3) is 0.353. The second-order valence-corrected chi connectivity index (χ2v) is 7.18. The number of hydrogen-bond donors (Lipinski definition) is 2. The summed E-state index contributed by atoms with van der Waals surface area (Å²) in [7, 11) is 1.97. The van der Waals surface area contributed by atoms with E-state index in [2.05, 4.69) is 51.7 Å². The predicted molar refractivity (Wildman–Crippen MR) is 98.0 cm³/mol. The van der Waals surface area contributed by atoms with Crippen molar-refractivity contribution in [2.45, 2.75) is 19.1 Å². The van der Waals surface area contributed by atoms with E-state index in [4.69, 9.17) is 4.99 Å². The van der Waals surface area contributed by atoms with Gasteiger partial charge in [0, 0.05) is 31.0 Å². The van der Waals surface area contributed by atoms with E-state index in [0.29, 0.717) is 6.04 Å². The SMILES string of the molecule is CNCc1ccc(C2=NC(CNCc3ccsc3)CS2)cc1. The molecule has 3 nitrogen and oxygen atoms in total. The maximum Gasteiger partial charge on any atom is 0.0981 e. The zero-order chi connectivity index (χ0) is 15.2. The highest BCUT2D eigenvalue weighted by Crippen LogP contribution is 2.23. The standard InChI is InChI=1S/C17H21N3S2/c1-18-8-13-2-4-15(5-3-13)17-20-16(12-22-17)10-19-9-14-6-7-21-11-14/h2-7,11,16,18-19H,8-10,12H2,1H3. The third-order valence-corrected chi connectivity index (χ3v) is 5.48. The molecule has 0 saturated carbocycles. The van der Waals surface area contributed by atoms with Crippen LogP contribution in [0, 0.1) is 0 Å². The number of benzene rings is 1. The Kier molecular flexibility index (Phi) is 5.67. The van der Waals surface area contributed by atoms with Gasteiger partial charge in [-0.05, 0) is 35.0 Å². The maximum atomic E-state index is 4.86. The van der Waals surface area contributed by atoms with E-state index in [-0.39, 0.29) is 0 Å². The van der Waals surface area contributed by atoms with Gasteiger partial charge < -0.3 is 10.6 Å². The number of thioether (sulfide) groups is 1. The minimum atomic E-state index is 0.385. The van der Waals surface area contributed by atoms with E-state index in [9.17, 15) is 0 Å². The zero-order valence-corrected chi connectivity index (χ0v) is 14.3. The Morgan fingerprint density at radius 1 is 1.14 bits per heavy atom. The molecule has 1 aromatic carbocycles. The van der Waals surface area contributed by atoms with Crippen LogP contribution in [-0.2, 0) is 13.1 Å². The van der Waals surface area contributed by atoms with Gasteiger partial charge in [0.2, 0.25) is 0 Å². The minimum absolute atomic E-state index is 0.385. The molecule has 2 aromatic rings. The first kappa shape index (κ1) is 15.7. The Morgan fingerprint density at radius 2 is 2.00 bits per heavy atom. The first-order chi connectivity index (χ1) is 10.8. The van der Waals surface area contributed by atoms with Gasteiger partial charge >= 0.3 is 0 Å². The molecule has 1 aromatic heterocycles. The summed E-state index contributed by atoms with van der Waals surface area (Å²) in [6, 6.07) is 11.3. The van der Waals surface area contributed by atoms with Gasteiger partial charge in [0.15, 0.2) is 0 Å². The first-order valence-electron chi connectivity index (χ1n) is 7.51. The second-order valence-electron chi connectivity index (χ2n) is 5.39. The summed E-state index contributed by atoms with van der Waals surface area (Å²) in [5, 5.41) is 12.2. The van der Waals surface area contributed by atoms with Crippen molar-refractivity contribution >= 4 is 28.1 Å². The van der Waals surface area contributed by atoms with Crippen molar-refractivity contribution in [1.29, 1.82) is 0 Å². The molecular weight excluding hydrogens is 310 g/mol. The van der Waals surface area contributed by atoms with Crippen LogP contribution in [0.2, 0.25) is 0 Å². The molecule has 3 rings (SSSR count). The summed E-state index contributed by atoms with van der Waals surface area (Å²) in [6.07, 6.45) is 0. The highest BCUT2D eigenvalue weighted by atomic mass is 32.2. The molecule has 1 unspecified atom stereocenters. The third-order valence-electron chi connectivity index (χ3n) is 3.58. The first-order valence-corrected chi connectivity index (χ1v) is 9.44. The lowest BCUT2D eigenvalue weighted by Gasteiger charge is -2.06. The van der Waals surface area contributed by atoms with Crippen molar-refractivity contribution in [1.82, 2.24) is 10.6 Å². The molecule has 1 aliphatic heterocycles. The minimum Gasteiger partial charge on any atom is -0.316 e. The summed E-state index contributed by atoms with van der Waals surface area (Å²) in [5.74, 6) is 1.07. The molecule has 0 aliphatic carbocycles. The van der Waals surface area contributed by atoms with Crippen LogP contribution in [0.1, 0.15) is 16.7 Å². The molecule has 5 heteroatoms. The monoisotopic (exact) mass is 331 g/mol. The molecule has 0 spiro atoms. The number of nitrogens with one attached hydrogen (secondary N) is 2. The molecule has 0 fully saturated rings. The smallest absolute Gasteiger partial charge is 0.0981 e. The van der Waals surface area contributed by atoms with E-state index >= 15 is 0 Å². The Labute approximate surface area is 140 Å². The Bertz CT molecular complexity index is 605. The number of thiophene rings is 1. The van der Waals surface area contributed by atoms with Gasteiger partial charge in [-0.1, -0.05) is 24.3 Å². The Morgan fingerprint density at radius 3 is 2.73 bits per heavy atom. The maximum absolute atomic E-state index is 4.86. The molecule has 0 radical (unpaired) electrons. The van der Waals surface area contributed by atoms with Crippen LogP contribution in [0.4, 0.5) is 0 Å².